The summed E-state index contributed by atoms with van der Waals surface area (Å²) in [6.07, 6.45) is 3.92. The van der Waals surface area contributed by atoms with Gasteiger partial charge in [-0.3, -0.25) is 0 Å². The molecule has 1 aliphatic rings. The van der Waals surface area contributed by atoms with Crippen LogP contribution in [0.15, 0.2) is 4.42 Å². The molecule has 1 heterocycles. The molecular formula is C11H17NO2. The highest BCUT2D eigenvalue weighted by molar-refractivity contribution is 5.38. The number of aliphatic hydroxyl groups is 1. The predicted molar refractivity (Wildman–Crippen MR) is 54.1 cm³/mol. The van der Waals surface area contributed by atoms with Gasteiger partial charge in [-0.25, -0.2) is 0 Å². The third-order valence-electron chi connectivity index (χ3n) is 2.96. The summed E-state index contributed by atoms with van der Waals surface area (Å²) < 4.78 is 5.66. The lowest BCUT2D eigenvalue weighted by atomic mass is 10.00. The first-order valence-electron chi connectivity index (χ1n) is 5.21. The van der Waals surface area contributed by atoms with Gasteiger partial charge in [-0.2, -0.15) is 0 Å². The first kappa shape index (κ1) is 9.74. The van der Waals surface area contributed by atoms with Crippen molar-refractivity contribution in [3.8, 4) is 0 Å². The molecule has 0 bridgehead atoms. The van der Waals surface area contributed by atoms with Crippen LogP contribution >= 0.6 is 0 Å². The largest absolute Gasteiger partial charge is 0.466 e. The summed E-state index contributed by atoms with van der Waals surface area (Å²) in [6, 6.07) is -0.0643. The van der Waals surface area contributed by atoms with Crippen LogP contribution in [0.1, 0.15) is 41.5 Å². The van der Waals surface area contributed by atoms with Crippen molar-refractivity contribution in [2.75, 3.05) is 6.61 Å². The lowest BCUT2D eigenvalue weighted by molar-refractivity contribution is 0.276. The molecule has 0 spiro atoms. The zero-order chi connectivity index (χ0) is 10.1. The summed E-state index contributed by atoms with van der Waals surface area (Å²) >= 11 is 0. The molecule has 3 N–H and O–H groups in total. The molecule has 0 saturated heterocycles. The first-order chi connectivity index (χ1) is 6.74. The summed E-state index contributed by atoms with van der Waals surface area (Å²) in [5.74, 6) is 2.06. The lowest BCUT2D eigenvalue weighted by Gasteiger charge is -2.10. The topological polar surface area (TPSA) is 59.4 Å². The molecule has 3 heteroatoms. The zero-order valence-corrected chi connectivity index (χ0v) is 8.55. The molecule has 1 aromatic heterocycles. The second-order valence-corrected chi connectivity index (χ2v) is 3.95. The summed E-state index contributed by atoms with van der Waals surface area (Å²) in [5.41, 5.74) is 8.46. The molecule has 14 heavy (non-hydrogen) atoms. The van der Waals surface area contributed by atoms with Crippen LogP contribution in [0.4, 0.5) is 0 Å². The van der Waals surface area contributed by atoms with Crippen molar-refractivity contribution in [3.05, 3.63) is 22.6 Å². The zero-order valence-electron chi connectivity index (χ0n) is 8.55. The molecule has 0 radical (unpaired) electrons. The average Bonchev–Trinajstić information content (AvgIpc) is 2.63. The van der Waals surface area contributed by atoms with E-state index in [9.17, 15) is 0 Å². The van der Waals surface area contributed by atoms with Crippen LogP contribution in [0.25, 0.3) is 0 Å². The Morgan fingerprint density at radius 3 is 3.00 bits per heavy atom. The van der Waals surface area contributed by atoms with Gasteiger partial charge in [0.1, 0.15) is 11.5 Å². The number of hydrogen-bond acceptors (Lipinski definition) is 3. The SMILES string of the molecule is Cc1oc2c(c1C(N)CCO)CCC2. The quantitative estimate of drug-likeness (QED) is 0.767. The highest BCUT2D eigenvalue weighted by atomic mass is 16.3. The van der Waals surface area contributed by atoms with Gasteiger partial charge in [0.2, 0.25) is 0 Å². The van der Waals surface area contributed by atoms with E-state index >= 15 is 0 Å². The minimum absolute atomic E-state index is 0.0643. The van der Waals surface area contributed by atoms with Crippen LogP contribution in [0, 0.1) is 6.92 Å². The average molecular weight is 195 g/mol. The van der Waals surface area contributed by atoms with E-state index in [1.807, 2.05) is 6.92 Å². The third kappa shape index (κ3) is 1.47. The Labute approximate surface area is 83.9 Å². The number of nitrogens with two attached hydrogens (primary N) is 1. The van der Waals surface area contributed by atoms with Crippen LogP contribution < -0.4 is 5.73 Å². The Morgan fingerprint density at radius 1 is 1.50 bits per heavy atom. The number of hydrogen-bond donors (Lipinski definition) is 2. The molecule has 0 saturated carbocycles. The number of aliphatic hydroxyl groups excluding tert-OH is 1. The minimum atomic E-state index is -0.0643. The van der Waals surface area contributed by atoms with Crippen molar-refractivity contribution in [2.45, 2.75) is 38.6 Å². The molecule has 0 aromatic carbocycles. The van der Waals surface area contributed by atoms with Crippen molar-refractivity contribution in [3.63, 3.8) is 0 Å². The Bertz CT molecular complexity index is 330. The van der Waals surface area contributed by atoms with Crippen LogP contribution in [0.2, 0.25) is 0 Å². The summed E-state index contributed by atoms with van der Waals surface area (Å²) in [7, 11) is 0. The van der Waals surface area contributed by atoms with E-state index in [4.69, 9.17) is 15.3 Å². The lowest BCUT2D eigenvalue weighted by Crippen LogP contribution is -2.13. The maximum Gasteiger partial charge on any atom is 0.107 e. The molecule has 2 rings (SSSR count). The van der Waals surface area contributed by atoms with Crippen molar-refractivity contribution < 1.29 is 9.52 Å². The molecule has 0 fully saturated rings. The molecule has 1 aromatic rings. The van der Waals surface area contributed by atoms with Crippen LogP contribution in [-0.2, 0) is 12.8 Å². The van der Waals surface area contributed by atoms with Crippen molar-refractivity contribution in [1.82, 2.24) is 0 Å². The fourth-order valence-corrected chi connectivity index (χ4v) is 2.33. The van der Waals surface area contributed by atoms with Gasteiger partial charge in [0.25, 0.3) is 0 Å². The van der Waals surface area contributed by atoms with Gasteiger partial charge in [-0.15, -0.1) is 0 Å². The van der Waals surface area contributed by atoms with E-state index < -0.39 is 0 Å². The van der Waals surface area contributed by atoms with Gasteiger partial charge in [-0.1, -0.05) is 0 Å². The van der Waals surface area contributed by atoms with E-state index in [0.29, 0.717) is 6.42 Å². The minimum Gasteiger partial charge on any atom is -0.466 e. The van der Waals surface area contributed by atoms with Crippen LogP contribution in [-0.4, -0.2) is 11.7 Å². The molecule has 1 unspecified atom stereocenters. The van der Waals surface area contributed by atoms with Crippen molar-refractivity contribution >= 4 is 0 Å². The predicted octanol–water partition coefficient (Wildman–Crippen LogP) is 1.46. The number of fused-ring (bicyclic) bond motifs is 1. The number of aryl methyl sites for hydroxylation is 2. The molecule has 0 aliphatic heterocycles. The van der Waals surface area contributed by atoms with Gasteiger partial charge in [0.15, 0.2) is 0 Å². The second kappa shape index (κ2) is 3.75. The summed E-state index contributed by atoms with van der Waals surface area (Å²) in [6.45, 7) is 2.10. The number of rotatable bonds is 3. The van der Waals surface area contributed by atoms with Crippen LogP contribution in [0.5, 0.6) is 0 Å². The second-order valence-electron chi connectivity index (χ2n) is 3.95. The van der Waals surface area contributed by atoms with E-state index in [1.165, 1.54) is 12.0 Å². The standard InChI is InChI=1S/C11H17NO2/c1-7-11(9(12)5-6-13)8-3-2-4-10(8)14-7/h9,13H,2-6,12H2,1H3. The van der Waals surface area contributed by atoms with E-state index in [0.717, 1.165) is 29.9 Å². The van der Waals surface area contributed by atoms with Gasteiger partial charge in [0.05, 0.1) is 0 Å². The number of furan rings is 1. The van der Waals surface area contributed by atoms with E-state index in [2.05, 4.69) is 0 Å². The fourth-order valence-electron chi connectivity index (χ4n) is 2.33. The van der Waals surface area contributed by atoms with E-state index in [-0.39, 0.29) is 12.6 Å². The Balaban J connectivity index is 2.32. The van der Waals surface area contributed by atoms with Gasteiger partial charge >= 0.3 is 0 Å². The maximum atomic E-state index is 8.86. The van der Waals surface area contributed by atoms with Gasteiger partial charge < -0.3 is 15.3 Å². The van der Waals surface area contributed by atoms with Crippen LogP contribution in [0.3, 0.4) is 0 Å². The maximum absolute atomic E-state index is 8.86. The highest BCUT2D eigenvalue weighted by Crippen LogP contribution is 2.34. The highest BCUT2D eigenvalue weighted by Gasteiger charge is 2.25. The summed E-state index contributed by atoms with van der Waals surface area (Å²) in [5, 5.41) is 8.86. The first-order valence-corrected chi connectivity index (χ1v) is 5.21. The molecule has 1 aliphatic carbocycles. The summed E-state index contributed by atoms with van der Waals surface area (Å²) in [4.78, 5) is 0. The van der Waals surface area contributed by atoms with Crippen molar-refractivity contribution in [2.24, 2.45) is 5.73 Å². The van der Waals surface area contributed by atoms with Gasteiger partial charge in [-0.05, 0) is 31.7 Å². The Morgan fingerprint density at radius 2 is 2.29 bits per heavy atom. The fraction of sp³-hybridized carbons (Fsp3) is 0.636. The molecule has 1 atom stereocenters. The monoisotopic (exact) mass is 195 g/mol. The molecule has 78 valence electrons. The van der Waals surface area contributed by atoms with E-state index in [1.54, 1.807) is 0 Å². The Kier molecular flexibility index (Phi) is 2.61. The molecular weight excluding hydrogens is 178 g/mol. The Hall–Kier alpha value is -0.800. The normalized spacial score (nSPS) is 17.1. The van der Waals surface area contributed by atoms with Crippen molar-refractivity contribution in [1.29, 1.82) is 0 Å². The van der Waals surface area contributed by atoms with Gasteiger partial charge in [0, 0.05) is 24.6 Å². The third-order valence-corrected chi connectivity index (χ3v) is 2.96. The molecule has 3 nitrogen and oxygen atoms in total. The molecule has 0 amide bonds. The smallest absolute Gasteiger partial charge is 0.107 e.